The van der Waals surface area contributed by atoms with E-state index < -0.39 is 42.3 Å². The average Bonchev–Trinajstić information content (AvgIpc) is 3.16. The van der Waals surface area contributed by atoms with Crippen molar-refractivity contribution in [1.29, 1.82) is 0 Å². The molecule has 8 heteroatoms. The van der Waals surface area contributed by atoms with Gasteiger partial charge in [-0.3, -0.25) is 4.79 Å². The lowest BCUT2D eigenvalue weighted by molar-refractivity contribution is -0.229. The van der Waals surface area contributed by atoms with E-state index in [-0.39, 0.29) is 5.91 Å². The summed E-state index contributed by atoms with van der Waals surface area (Å²) >= 11 is 0. The highest BCUT2D eigenvalue weighted by molar-refractivity contribution is 5.96. The Morgan fingerprint density at radius 3 is 2.43 bits per heavy atom. The molecule has 0 spiro atoms. The summed E-state index contributed by atoms with van der Waals surface area (Å²) in [7, 11) is 0. The normalized spacial score (nSPS) is 33.6. The van der Waals surface area contributed by atoms with Gasteiger partial charge in [0.05, 0.1) is 12.3 Å². The first kappa shape index (κ1) is 21.5. The van der Waals surface area contributed by atoms with Gasteiger partial charge in [0.1, 0.15) is 24.1 Å². The van der Waals surface area contributed by atoms with E-state index in [1.54, 1.807) is 6.07 Å². The molecule has 3 aliphatic rings. The zero-order valence-corrected chi connectivity index (χ0v) is 18.2. The molecule has 5 atom stereocenters. The van der Waals surface area contributed by atoms with E-state index in [0.29, 0.717) is 18.0 Å². The molecule has 1 aromatic carbocycles. The summed E-state index contributed by atoms with van der Waals surface area (Å²) in [5, 5.41) is 2.93. The maximum Gasteiger partial charge on any atom is 0.256 e. The van der Waals surface area contributed by atoms with Gasteiger partial charge in [0.2, 0.25) is 0 Å². The van der Waals surface area contributed by atoms with Crippen molar-refractivity contribution < 1.29 is 33.2 Å². The third kappa shape index (κ3) is 4.33. The molecule has 30 heavy (non-hydrogen) atoms. The second-order valence-corrected chi connectivity index (χ2v) is 8.78. The number of anilines is 1. The molecule has 0 saturated carbocycles. The maximum absolute atomic E-state index is 13.2. The van der Waals surface area contributed by atoms with Gasteiger partial charge >= 0.3 is 0 Å². The van der Waals surface area contributed by atoms with Crippen molar-refractivity contribution in [3.8, 4) is 5.75 Å². The third-order valence-corrected chi connectivity index (χ3v) is 5.31. The van der Waals surface area contributed by atoms with Crippen LogP contribution in [0.25, 0.3) is 0 Å². The molecule has 0 aliphatic carbocycles. The van der Waals surface area contributed by atoms with Gasteiger partial charge < -0.3 is 33.7 Å². The summed E-state index contributed by atoms with van der Waals surface area (Å²) in [5.74, 6) is -1.41. The van der Waals surface area contributed by atoms with E-state index in [1.165, 1.54) is 0 Å². The lowest BCUT2D eigenvalue weighted by Crippen LogP contribution is -2.58. The first-order chi connectivity index (χ1) is 14.2. The van der Waals surface area contributed by atoms with Crippen LogP contribution in [-0.2, 0) is 28.5 Å². The van der Waals surface area contributed by atoms with Crippen molar-refractivity contribution in [1.82, 2.24) is 0 Å². The Balaban J connectivity index is 1.53. The number of carbonyl (C=O) groups is 1. The first-order valence-corrected chi connectivity index (χ1v) is 10.6. The van der Waals surface area contributed by atoms with E-state index >= 15 is 0 Å². The minimum absolute atomic E-state index is 0.343. The molecule has 166 valence electrons. The molecule has 3 fully saturated rings. The highest BCUT2D eigenvalue weighted by Gasteiger charge is 2.62. The second-order valence-electron chi connectivity index (χ2n) is 8.78. The van der Waals surface area contributed by atoms with Crippen molar-refractivity contribution in [2.45, 2.75) is 89.7 Å². The van der Waals surface area contributed by atoms with Crippen LogP contribution in [-0.4, -0.2) is 54.8 Å². The lowest BCUT2D eigenvalue weighted by Gasteiger charge is -2.36. The number of hydrogen-bond donors (Lipinski definition) is 1. The quantitative estimate of drug-likeness (QED) is 0.706. The molecule has 0 aromatic heterocycles. The minimum Gasteiger partial charge on any atom is -0.491 e. The fourth-order valence-corrected chi connectivity index (χ4v) is 4.05. The molecule has 8 nitrogen and oxygen atoms in total. The zero-order valence-electron chi connectivity index (χ0n) is 18.2. The summed E-state index contributed by atoms with van der Waals surface area (Å²) in [6.45, 7) is 9.93. The first-order valence-electron chi connectivity index (χ1n) is 10.6. The Kier molecular flexibility index (Phi) is 5.80. The van der Waals surface area contributed by atoms with Gasteiger partial charge in [-0.1, -0.05) is 25.5 Å². The number of carbonyl (C=O) groups excluding carboxylic acids is 1. The van der Waals surface area contributed by atoms with Crippen LogP contribution in [0.5, 0.6) is 5.75 Å². The van der Waals surface area contributed by atoms with Gasteiger partial charge in [0.15, 0.2) is 24.0 Å². The average molecular weight is 421 g/mol. The van der Waals surface area contributed by atoms with Crippen LogP contribution in [0, 0.1) is 0 Å². The summed E-state index contributed by atoms with van der Waals surface area (Å²) in [6, 6.07) is 7.35. The minimum atomic E-state index is -0.917. The predicted molar refractivity (Wildman–Crippen MR) is 108 cm³/mol. The molecule has 3 saturated heterocycles. The number of amides is 1. The lowest BCUT2D eigenvalue weighted by atomic mass is 9.98. The third-order valence-electron chi connectivity index (χ3n) is 5.31. The van der Waals surface area contributed by atoms with Crippen molar-refractivity contribution in [3.63, 3.8) is 0 Å². The van der Waals surface area contributed by atoms with Crippen LogP contribution < -0.4 is 10.1 Å². The van der Waals surface area contributed by atoms with Gasteiger partial charge in [-0.25, -0.2) is 0 Å². The molecular weight excluding hydrogens is 390 g/mol. The fourth-order valence-electron chi connectivity index (χ4n) is 4.05. The van der Waals surface area contributed by atoms with Crippen LogP contribution in [0.4, 0.5) is 5.69 Å². The topological polar surface area (TPSA) is 84.5 Å². The predicted octanol–water partition coefficient (Wildman–Crippen LogP) is 3.20. The van der Waals surface area contributed by atoms with Crippen LogP contribution >= 0.6 is 0 Å². The van der Waals surface area contributed by atoms with Crippen LogP contribution in [0.15, 0.2) is 24.3 Å². The maximum atomic E-state index is 13.2. The number of nitrogens with one attached hydrogen (secondary N) is 1. The molecule has 1 N–H and O–H groups in total. The number of fused-ring (bicyclic) bond motifs is 3. The van der Waals surface area contributed by atoms with E-state index in [0.717, 1.165) is 12.8 Å². The smallest absolute Gasteiger partial charge is 0.256 e. The Labute approximate surface area is 177 Å². The Hall–Kier alpha value is -1.71. The highest BCUT2D eigenvalue weighted by Crippen LogP contribution is 2.44. The van der Waals surface area contributed by atoms with Crippen LogP contribution in [0.3, 0.4) is 0 Å². The van der Waals surface area contributed by atoms with Crippen molar-refractivity contribution in [2.24, 2.45) is 0 Å². The van der Waals surface area contributed by atoms with Gasteiger partial charge in [-0.15, -0.1) is 0 Å². The SMILES string of the molecule is CCCCOc1ccccc1NC(=O)C1OC2OC(C)(C)OC2C2OC(C)(C)OC12. The van der Waals surface area contributed by atoms with Gasteiger partial charge in [0, 0.05) is 0 Å². The highest BCUT2D eigenvalue weighted by atomic mass is 16.9. The Morgan fingerprint density at radius 2 is 1.67 bits per heavy atom. The second kappa shape index (κ2) is 8.09. The number of hydrogen-bond acceptors (Lipinski definition) is 7. The molecule has 0 radical (unpaired) electrons. The fraction of sp³-hybridized carbons (Fsp3) is 0.682. The van der Waals surface area contributed by atoms with Gasteiger partial charge in [0.25, 0.3) is 5.91 Å². The van der Waals surface area contributed by atoms with Crippen molar-refractivity contribution in [2.75, 3.05) is 11.9 Å². The Morgan fingerprint density at radius 1 is 1.00 bits per heavy atom. The van der Waals surface area contributed by atoms with Crippen molar-refractivity contribution >= 4 is 11.6 Å². The zero-order chi connectivity index (χ0) is 21.5. The van der Waals surface area contributed by atoms with Crippen LogP contribution in [0.2, 0.25) is 0 Å². The summed E-state index contributed by atoms with van der Waals surface area (Å²) in [6.07, 6.45) is -1.24. The van der Waals surface area contributed by atoms with Crippen molar-refractivity contribution in [3.05, 3.63) is 24.3 Å². The molecule has 4 rings (SSSR count). The molecule has 0 bridgehead atoms. The standard InChI is InChI=1S/C22H31NO7/c1-6-7-12-25-14-11-9-8-10-13(14)23-19(24)17-15-16(28-21(2,3)27-15)18-20(26-17)30-22(4,5)29-18/h8-11,15-18,20H,6-7,12H2,1-5H3,(H,23,24). The molecule has 3 heterocycles. The van der Waals surface area contributed by atoms with Gasteiger partial charge in [-0.2, -0.15) is 0 Å². The molecule has 1 aromatic rings. The van der Waals surface area contributed by atoms with E-state index in [4.69, 9.17) is 28.4 Å². The van der Waals surface area contributed by atoms with E-state index in [1.807, 2.05) is 45.9 Å². The number of unbranched alkanes of at least 4 members (excludes halogenated alkanes) is 1. The summed E-state index contributed by atoms with van der Waals surface area (Å²) in [4.78, 5) is 13.2. The molecular formula is C22H31NO7. The number of rotatable bonds is 6. The monoisotopic (exact) mass is 421 g/mol. The van der Waals surface area contributed by atoms with E-state index in [2.05, 4.69) is 12.2 Å². The molecule has 1 amide bonds. The summed E-state index contributed by atoms with van der Waals surface area (Å²) in [5.41, 5.74) is 0.586. The largest absolute Gasteiger partial charge is 0.491 e. The van der Waals surface area contributed by atoms with Gasteiger partial charge in [-0.05, 0) is 46.2 Å². The Bertz CT molecular complexity index is 781. The number of ether oxygens (including phenoxy) is 6. The number of para-hydroxylation sites is 2. The number of benzene rings is 1. The van der Waals surface area contributed by atoms with Crippen LogP contribution in [0.1, 0.15) is 47.5 Å². The summed E-state index contributed by atoms with van der Waals surface area (Å²) < 4.78 is 35.8. The molecule has 5 unspecified atom stereocenters. The molecule has 3 aliphatic heterocycles. The van der Waals surface area contributed by atoms with E-state index in [9.17, 15) is 4.79 Å².